The Morgan fingerprint density at radius 2 is 1.80 bits per heavy atom. The fraction of sp³-hybridized carbons (Fsp3) is 0.481. The van der Waals surface area contributed by atoms with E-state index < -0.39 is 21.2 Å². The number of carbonyl (C=O) groups is 2. The predicted molar refractivity (Wildman–Crippen MR) is 177 cm³/mol. The summed E-state index contributed by atoms with van der Waals surface area (Å²) in [5.41, 5.74) is 1.40. The number of anilines is 3. The van der Waals surface area contributed by atoms with Gasteiger partial charge in [-0.1, -0.05) is 11.2 Å². The Kier molecular flexibility index (Phi) is 8.58. The molecule has 3 aliphatic rings. The van der Waals surface area contributed by atoms with Gasteiger partial charge in [0.15, 0.2) is 23.1 Å². The van der Waals surface area contributed by atoms with Crippen LogP contribution in [-0.4, -0.2) is 118 Å². The topological polar surface area (TPSA) is 185 Å². The molecular weight excluding hydrogens is 611 g/mol. The summed E-state index contributed by atoms with van der Waals surface area (Å²) in [6, 6.07) is 6.93. The van der Waals surface area contributed by atoms with Crippen molar-refractivity contribution in [3.8, 4) is 17.2 Å². The molecule has 2 aromatic heterocycles. The second kappa shape index (κ2) is 12.3. The van der Waals surface area contributed by atoms with Crippen molar-refractivity contribution in [1.82, 2.24) is 34.9 Å². The van der Waals surface area contributed by atoms with Crippen molar-refractivity contribution in [1.29, 1.82) is 0 Å². The lowest BCUT2D eigenvalue weighted by atomic mass is 9.49. The van der Waals surface area contributed by atoms with Gasteiger partial charge in [-0.3, -0.25) is 14.5 Å². The SMILES string of the molecule is BC(B)(B)NC(=O)c1nnc(NC(=O)C2CC2)cc1Nc1cccc(-c2nc(CN3CC4CN(S(C)(=O)=O)CC4C3)no2)c1OC. The summed E-state index contributed by atoms with van der Waals surface area (Å²) in [5, 5.41) is 20.9. The molecule has 3 N–H and O–H groups in total. The Labute approximate surface area is 269 Å². The van der Waals surface area contributed by atoms with E-state index in [9.17, 15) is 18.0 Å². The molecule has 6 rings (SSSR count). The molecule has 1 saturated carbocycles. The van der Waals surface area contributed by atoms with Gasteiger partial charge in [-0.15, -0.1) is 10.2 Å². The smallest absolute Gasteiger partial charge is 0.272 e. The van der Waals surface area contributed by atoms with Gasteiger partial charge in [-0.25, -0.2) is 12.7 Å². The van der Waals surface area contributed by atoms with Gasteiger partial charge >= 0.3 is 0 Å². The first-order chi connectivity index (χ1) is 21.8. The highest BCUT2D eigenvalue weighted by atomic mass is 32.2. The summed E-state index contributed by atoms with van der Waals surface area (Å²) in [5.74, 6) is 1.35. The summed E-state index contributed by atoms with van der Waals surface area (Å²) >= 11 is 0. The van der Waals surface area contributed by atoms with Crippen molar-refractivity contribution in [2.45, 2.75) is 24.6 Å². The third-order valence-electron chi connectivity index (χ3n) is 8.25. The number of fused-ring (bicyclic) bond motifs is 1. The number of sulfonamides is 1. The zero-order chi connectivity index (χ0) is 32.8. The molecule has 1 aliphatic carbocycles. The van der Waals surface area contributed by atoms with E-state index in [1.165, 1.54) is 13.4 Å². The number of aromatic nitrogens is 4. The standard InChI is InChI=1S/C27H36B3N9O6S/c1-44-23-17(26-33-21(37-45-26)13-38-9-15-11-39(46(2,42)43)12-16(15)10-38)4-3-5-18(23)31-19-8-20(32-24(40)14-6-7-14)35-36-22(19)25(41)34-27(28,29)30/h3-5,8,14-16H,6-7,9-13,28-30H2,1-2H3,(H,34,41)(H2,31,32,35,40). The number of hydrogen-bond acceptors (Lipinski definition) is 12. The number of nitrogens with zero attached hydrogens (tertiary/aromatic N) is 6. The summed E-state index contributed by atoms with van der Waals surface area (Å²) in [7, 11) is 3.92. The molecule has 2 aliphatic heterocycles. The van der Waals surface area contributed by atoms with Crippen LogP contribution in [0.4, 0.5) is 17.2 Å². The van der Waals surface area contributed by atoms with Crippen LogP contribution < -0.4 is 20.7 Å². The highest BCUT2D eigenvalue weighted by Gasteiger charge is 2.43. The zero-order valence-corrected chi connectivity index (χ0v) is 27.3. The number of methoxy groups -OCH3 is 1. The van der Waals surface area contributed by atoms with E-state index in [-0.39, 0.29) is 41.1 Å². The minimum atomic E-state index is -3.19. The summed E-state index contributed by atoms with van der Waals surface area (Å²) < 4.78 is 36.9. The quantitative estimate of drug-likeness (QED) is 0.199. The minimum absolute atomic E-state index is 0.0338. The Morgan fingerprint density at radius 3 is 2.43 bits per heavy atom. The maximum atomic E-state index is 13.2. The second-order valence-corrected chi connectivity index (χ2v) is 15.3. The number of rotatable bonds is 11. The van der Waals surface area contributed by atoms with Crippen LogP contribution in [0.5, 0.6) is 5.75 Å². The first-order valence-electron chi connectivity index (χ1n) is 15.2. The summed E-state index contributed by atoms with van der Waals surface area (Å²) in [4.78, 5) is 32.5. The zero-order valence-electron chi connectivity index (χ0n) is 26.5. The number of para-hydroxylation sites is 1. The fourth-order valence-electron chi connectivity index (χ4n) is 5.93. The molecule has 3 fully saturated rings. The van der Waals surface area contributed by atoms with E-state index in [2.05, 4.69) is 41.2 Å². The van der Waals surface area contributed by atoms with Crippen LogP contribution in [0, 0.1) is 17.8 Å². The largest absolute Gasteiger partial charge is 0.494 e. The first kappa shape index (κ1) is 32.0. The molecule has 2 amide bonds. The van der Waals surface area contributed by atoms with Crippen molar-refractivity contribution < 1.29 is 27.3 Å². The van der Waals surface area contributed by atoms with E-state index in [1.807, 2.05) is 23.5 Å². The van der Waals surface area contributed by atoms with Crippen LogP contribution in [0.25, 0.3) is 11.5 Å². The van der Waals surface area contributed by atoms with Gasteiger partial charge in [0.1, 0.15) is 23.5 Å². The monoisotopic (exact) mass is 647 g/mol. The average molecular weight is 647 g/mol. The van der Waals surface area contributed by atoms with Crippen LogP contribution in [0.15, 0.2) is 28.8 Å². The lowest BCUT2D eigenvalue weighted by Crippen LogP contribution is -2.50. The number of benzene rings is 1. The van der Waals surface area contributed by atoms with Crippen molar-refractivity contribution in [2.75, 3.05) is 50.2 Å². The predicted octanol–water partition coefficient (Wildman–Crippen LogP) is -1.81. The van der Waals surface area contributed by atoms with Crippen LogP contribution in [0.2, 0.25) is 0 Å². The van der Waals surface area contributed by atoms with Crippen molar-refractivity contribution in [3.63, 3.8) is 0 Å². The number of likely N-dealkylation sites (tertiary alicyclic amines) is 1. The second-order valence-electron chi connectivity index (χ2n) is 13.3. The van der Waals surface area contributed by atoms with Gasteiger partial charge in [0, 0.05) is 38.2 Å². The molecule has 2 unspecified atom stereocenters. The van der Waals surface area contributed by atoms with Gasteiger partial charge in [0.05, 0.1) is 36.8 Å². The number of ether oxygens (including phenoxy) is 1. The molecule has 240 valence electrons. The fourth-order valence-corrected chi connectivity index (χ4v) is 6.86. The Balaban J connectivity index is 1.21. The van der Waals surface area contributed by atoms with Crippen molar-refractivity contribution in [3.05, 3.63) is 35.8 Å². The number of nitrogens with one attached hydrogen (secondary N) is 3. The maximum Gasteiger partial charge on any atom is 0.272 e. The molecular formula is C27H36B3N9O6S. The highest BCUT2D eigenvalue weighted by Crippen LogP contribution is 2.39. The van der Waals surface area contributed by atoms with Gasteiger partial charge in [-0.2, -0.15) is 4.98 Å². The van der Waals surface area contributed by atoms with E-state index in [0.29, 0.717) is 48.1 Å². The number of hydrogen-bond donors (Lipinski definition) is 3. The molecule has 2 saturated heterocycles. The molecule has 3 aromatic rings. The molecule has 4 heterocycles. The van der Waals surface area contributed by atoms with Crippen LogP contribution in [0.3, 0.4) is 0 Å². The molecule has 19 heteroatoms. The van der Waals surface area contributed by atoms with Gasteiger partial charge < -0.3 is 25.2 Å². The summed E-state index contributed by atoms with van der Waals surface area (Å²) in [6.45, 7) is 3.07. The Hall–Kier alpha value is -3.96. The van der Waals surface area contributed by atoms with Crippen LogP contribution in [0.1, 0.15) is 29.2 Å². The van der Waals surface area contributed by atoms with Gasteiger partial charge in [-0.05, 0) is 42.0 Å². The van der Waals surface area contributed by atoms with Crippen LogP contribution in [-0.2, 0) is 21.4 Å². The molecule has 0 radical (unpaired) electrons. The minimum Gasteiger partial charge on any atom is -0.494 e. The molecule has 46 heavy (non-hydrogen) atoms. The summed E-state index contributed by atoms with van der Waals surface area (Å²) in [6.07, 6.45) is 2.93. The number of amides is 2. The normalized spacial score (nSPS) is 20.3. The lowest BCUT2D eigenvalue weighted by Gasteiger charge is -2.21. The molecule has 0 bridgehead atoms. The van der Waals surface area contributed by atoms with Crippen molar-refractivity contribution in [2.24, 2.45) is 17.8 Å². The first-order valence-corrected chi connectivity index (χ1v) is 17.1. The van der Waals surface area contributed by atoms with Gasteiger partial charge in [0.2, 0.25) is 15.9 Å². The third-order valence-corrected chi connectivity index (χ3v) is 9.48. The van der Waals surface area contributed by atoms with Gasteiger partial charge in [0.25, 0.3) is 11.8 Å². The van der Waals surface area contributed by atoms with Crippen molar-refractivity contribution >= 4 is 62.6 Å². The molecule has 1 aromatic carbocycles. The molecule has 2 atom stereocenters. The Morgan fingerprint density at radius 1 is 1.09 bits per heavy atom. The van der Waals surface area contributed by atoms with E-state index in [4.69, 9.17) is 9.26 Å². The maximum absolute atomic E-state index is 13.2. The molecule has 0 spiro atoms. The molecule has 15 nitrogen and oxygen atoms in total. The Bertz CT molecular complexity index is 1750. The lowest BCUT2D eigenvalue weighted by molar-refractivity contribution is -0.117. The van der Waals surface area contributed by atoms with E-state index in [1.54, 1.807) is 28.6 Å². The van der Waals surface area contributed by atoms with E-state index in [0.717, 1.165) is 25.9 Å². The third kappa shape index (κ3) is 7.21. The van der Waals surface area contributed by atoms with Crippen LogP contribution >= 0.6 is 0 Å². The average Bonchev–Trinajstić information content (AvgIpc) is 3.41. The number of carbonyl (C=O) groups excluding carboxylic acids is 2. The van der Waals surface area contributed by atoms with E-state index >= 15 is 0 Å². The highest BCUT2D eigenvalue weighted by molar-refractivity contribution is 7.88.